The van der Waals surface area contributed by atoms with Gasteiger partial charge in [-0.15, -0.1) is 0 Å². The Hall–Kier alpha value is -3.79. The molecule has 0 fully saturated rings. The number of hydrogen-bond donors (Lipinski definition) is 1. The molecule has 152 valence electrons. The summed E-state index contributed by atoms with van der Waals surface area (Å²) >= 11 is 0. The molecule has 30 heavy (non-hydrogen) atoms. The third-order valence-electron chi connectivity index (χ3n) is 4.74. The number of non-ortho nitro benzene ring substituents is 1. The van der Waals surface area contributed by atoms with Crippen LogP contribution < -0.4 is 9.62 Å². The Kier molecular flexibility index (Phi) is 4.92. The molecule has 0 aliphatic carbocycles. The second-order valence-electron chi connectivity index (χ2n) is 6.65. The summed E-state index contributed by atoms with van der Waals surface area (Å²) in [6.45, 7) is 0.484. The molecule has 1 aliphatic heterocycles. The first-order valence-electron chi connectivity index (χ1n) is 8.97. The van der Waals surface area contributed by atoms with Crippen molar-refractivity contribution in [3.05, 3.63) is 88.2 Å². The molecule has 0 saturated carbocycles. The van der Waals surface area contributed by atoms with Gasteiger partial charge in [-0.25, -0.2) is 8.42 Å². The molecule has 10 heteroatoms. The Bertz CT molecular complexity index is 1250. The Balaban J connectivity index is 1.62. The summed E-state index contributed by atoms with van der Waals surface area (Å²) in [4.78, 5) is 28.4. The number of carbonyl (C=O) groups excluding carboxylic acids is 1. The largest absolute Gasteiger partial charge is 0.308 e. The lowest BCUT2D eigenvalue weighted by molar-refractivity contribution is -0.385. The summed E-state index contributed by atoms with van der Waals surface area (Å²) in [7, 11) is -4.04. The third kappa shape index (κ3) is 3.72. The predicted molar refractivity (Wildman–Crippen MR) is 110 cm³/mol. The van der Waals surface area contributed by atoms with E-state index in [1.807, 2.05) is 0 Å². The molecule has 0 unspecified atom stereocenters. The van der Waals surface area contributed by atoms with Gasteiger partial charge >= 0.3 is 0 Å². The van der Waals surface area contributed by atoms with Gasteiger partial charge in [-0.2, -0.15) is 0 Å². The van der Waals surface area contributed by atoms with Gasteiger partial charge in [0.05, 0.1) is 15.5 Å². The normalized spacial score (nSPS) is 13.0. The Morgan fingerprint density at radius 3 is 2.60 bits per heavy atom. The summed E-state index contributed by atoms with van der Waals surface area (Å²) in [5.74, 6) is -0.199. The highest BCUT2D eigenvalue weighted by atomic mass is 32.2. The van der Waals surface area contributed by atoms with Gasteiger partial charge in [0.15, 0.2) is 0 Å². The fourth-order valence-corrected chi connectivity index (χ4v) is 4.37. The van der Waals surface area contributed by atoms with Crippen molar-refractivity contribution in [2.45, 2.75) is 11.3 Å². The molecule has 3 aromatic rings. The molecule has 9 nitrogen and oxygen atoms in total. The average molecular weight is 424 g/mol. The van der Waals surface area contributed by atoms with Crippen molar-refractivity contribution in [2.24, 2.45) is 0 Å². The first-order valence-corrected chi connectivity index (χ1v) is 10.5. The van der Waals surface area contributed by atoms with Crippen LogP contribution >= 0.6 is 0 Å². The second kappa shape index (κ2) is 7.56. The van der Waals surface area contributed by atoms with E-state index in [4.69, 9.17) is 0 Å². The standard InChI is InChI=1S/C20H16N4O5S/c25-20(15-6-9-21-10-7-15)23-11-8-14-4-5-16(12-19(14)23)22-30(28,29)18-3-1-2-17(13-18)24(26)27/h1-7,9-10,12-13,22H,8,11H2. The van der Waals surface area contributed by atoms with Crippen molar-refractivity contribution >= 4 is 33.0 Å². The molecule has 1 N–H and O–H groups in total. The minimum atomic E-state index is -4.04. The van der Waals surface area contributed by atoms with Crippen LogP contribution in [0.25, 0.3) is 0 Å². The van der Waals surface area contributed by atoms with Crippen LogP contribution in [0.2, 0.25) is 0 Å². The second-order valence-corrected chi connectivity index (χ2v) is 8.33. The highest BCUT2D eigenvalue weighted by molar-refractivity contribution is 7.92. The smallest absolute Gasteiger partial charge is 0.270 e. The van der Waals surface area contributed by atoms with Crippen LogP contribution in [0.5, 0.6) is 0 Å². The van der Waals surface area contributed by atoms with Crippen molar-refractivity contribution in [1.29, 1.82) is 0 Å². The first-order chi connectivity index (χ1) is 14.3. The number of carbonyl (C=O) groups is 1. The number of nitro groups is 1. The van der Waals surface area contributed by atoms with E-state index in [1.54, 1.807) is 35.2 Å². The van der Waals surface area contributed by atoms with Gasteiger partial charge in [-0.3, -0.25) is 24.6 Å². The van der Waals surface area contributed by atoms with E-state index < -0.39 is 14.9 Å². The molecule has 0 radical (unpaired) electrons. The van der Waals surface area contributed by atoms with Gasteiger partial charge in [0.2, 0.25) is 0 Å². The topological polar surface area (TPSA) is 123 Å². The van der Waals surface area contributed by atoms with E-state index >= 15 is 0 Å². The molecule has 2 heterocycles. The first kappa shape index (κ1) is 19.5. The number of sulfonamides is 1. The quantitative estimate of drug-likeness (QED) is 0.496. The third-order valence-corrected chi connectivity index (χ3v) is 6.12. The van der Waals surface area contributed by atoms with Crippen molar-refractivity contribution in [1.82, 2.24) is 4.98 Å². The summed E-state index contributed by atoms with van der Waals surface area (Å²) in [5, 5.41) is 10.9. The predicted octanol–water partition coefficient (Wildman–Crippen LogP) is 2.99. The summed E-state index contributed by atoms with van der Waals surface area (Å²) < 4.78 is 27.8. The van der Waals surface area contributed by atoms with Crippen LogP contribution in [-0.4, -0.2) is 30.8 Å². The average Bonchev–Trinajstić information content (AvgIpc) is 3.17. The Morgan fingerprint density at radius 1 is 1.10 bits per heavy atom. The Labute approximate surface area is 172 Å². The highest BCUT2D eigenvalue weighted by Gasteiger charge is 2.26. The van der Waals surface area contributed by atoms with Gasteiger partial charge in [-0.05, 0) is 42.3 Å². The maximum atomic E-state index is 12.8. The lowest BCUT2D eigenvalue weighted by Crippen LogP contribution is -2.28. The van der Waals surface area contributed by atoms with Crippen LogP contribution in [0, 0.1) is 10.1 Å². The minimum Gasteiger partial charge on any atom is -0.308 e. The van der Waals surface area contributed by atoms with E-state index in [-0.39, 0.29) is 22.2 Å². The van der Waals surface area contributed by atoms with Gasteiger partial charge in [0.1, 0.15) is 0 Å². The number of nitrogens with one attached hydrogen (secondary N) is 1. The van der Waals surface area contributed by atoms with Crippen molar-refractivity contribution in [3.8, 4) is 0 Å². The number of amides is 1. The summed E-state index contributed by atoms with van der Waals surface area (Å²) in [5.41, 5.74) is 1.97. The molecular weight excluding hydrogens is 408 g/mol. The van der Waals surface area contributed by atoms with Crippen LogP contribution in [0.1, 0.15) is 15.9 Å². The zero-order valence-electron chi connectivity index (χ0n) is 15.6. The van der Waals surface area contributed by atoms with Gasteiger partial charge in [0.25, 0.3) is 21.6 Å². The summed E-state index contributed by atoms with van der Waals surface area (Å²) in [6, 6.07) is 13.0. The van der Waals surface area contributed by atoms with Crippen molar-refractivity contribution < 1.29 is 18.1 Å². The Morgan fingerprint density at radius 2 is 1.87 bits per heavy atom. The molecule has 2 aromatic carbocycles. The zero-order valence-corrected chi connectivity index (χ0v) is 16.4. The number of fused-ring (bicyclic) bond motifs is 1. The van der Waals surface area contributed by atoms with Crippen LogP contribution in [-0.2, 0) is 16.4 Å². The fourth-order valence-electron chi connectivity index (χ4n) is 3.28. The van der Waals surface area contributed by atoms with E-state index in [2.05, 4.69) is 9.71 Å². The lowest BCUT2D eigenvalue weighted by Gasteiger charge is -2.18. The van der Waals surface area contributed by atoms with Crippen LogP contribution in [0.4, 0.5) is 17.1 Å². The number of anilines is 2. The molecule has 1 amide bonds. The summed E-state index contributed by atoms with van der Waals surface area (Å²) in [6.07, 6.45) is 3.73. The zero-order chi connectivity index (χ0) is 21.3. The monoisotopic (exact) mass is 424 g/mol. The molecule has 4 rings (SSSR count). The number of nitro benzene ring substituents is 1. The number of hydrogen-bond acceptors (Lipinski definition) is 6. The van der Waals surface area contributed by atoms with Gasteiger partial charge < -0.3 is 4.90 Å². The SMILES string of the molecule is O=C(c1ccncc1)N1CCc2ccc(NS(=O)(=O)c3cccc([N+](=O)[O-])c3)cc21. The van der Waals surface area contributed by atoms with Crippen LogP contribution in [0.15, 0.2) is 71.9 Å². The molecule has 0 saturated heterocycles. The van der Waals surface area contributed by atoms with E-state index in [1.165, 1.54) is 30.6 Å². The molecule has 1 aliphatic rings. The van der Waals surface area contributed by atoms with E-state index in [0.29, 0.717) is 24.2 Å². The number of nitrogens with zero attached hydrogens (tertiary/aromatic N) is 3. The van der Waals surface area contributed by atoms with Crippen molar-refractivity contribution in [2.75, 3.05) is 16.2 Å². The maximum absolute atomic E-state index is 12.8. The highest BCUT2D eigenvalue weighted by Crippen LogP contribution is 2.33. The van der Waals surface area contributed by atoms with Gasteiger partial charge in [0, 0.05) is 42.3 Å². The van der Waals surface area contributed by atoms with Crippen molar-refractivity contribution in [3.63, 3.8) is 0 Å². The number of rotatable bonds is 5. The molecule has 0 atom stereocenters. The number of benzene rings is 2. The molecule has 0 bridgehead atoms. The number of aromatic nitrogens is 1. The van der Waals surface area contributed by atoms with Crippen LogP contribution in [0.3, 0.4) is 0 Å². The minimum absolute atomic E-state index is 0.199. The molecule has 0 spiro atoms. The molecule has 1 aromatic heterocycles. The fraction of sp³-hybridized carbons (Fsp3) is 0.100. The maximum Gasteiger partial charge on any atom is 0.270 e. The van der Waals surface area contributed by atoms with E-state index in [0.717, 1.165) is 11.6 Å². The van der Waals surface area contributed by atoms with Gasteiger partial charge in [-0.1, -0.05) is 12.1 Å². The lowest BCUT2D eigenvalue weighted by atomic mass is 10.1. The van der Waals surface area contributed by atoms with E-state index in [9.17, 15) is 23.3 Å². The molecular formula is C20H16N4O5S. The number of pyridine rings is 1.